The molecule has 240 valence electrons. The van der Waals surface area contributed by atoms with Gasteiger partial charge in [-0.15, -0.1) is 28.7 Å². The Kier molecular flexibility index (Phi) is 19.8. The molecule has 0 radical (unpaired) electrons. The van der Waals surface area contributed by atoms with Crippen molar-refractivity contribution in [3.63, 3.8) is 0 Å². The third-order valence-electron chi connectivity index (χ3n) is 7.49. The smallest absolute Gasteiger partial charge is 0.262 e. The molecule has 3 rings (SSSR count). The highest BCUT2D eigenvalue weighted by Crippen LogP contribution is 2.31. The molecule has 1 N–H and O–H groups in total. The van der Waals surface area contributed by atoms with Gasteiger partial charge in [0.15, 0.2) is 18.1 Å². The van der Waals surface area contributed by atoms with Gasteiger partial charge in [-0.05, 0) is 41.7 Å². The molecule has 0 aromatic heterocycles. The summed E-state index contributed by atoms with van der Waals surface area (Å²) in [4.78, 5) is 14.7. The number of amides is 1. The van der Waals surface area contributed by atoms with Gasteiger partial charge < -0.3 is 24.4 Å². The molecule has 0 spiro atoms. The van der Waals surface area contributed by atoms with E-state index < -0.39 is 0 Å². The Morgan fingerprint density at radius 1 is 0.814 bits per heavy atom. The van der Waals surface area contributed by atoms with Crippen molar-refractivity contribution in [2.75, 3.05) is 31.5 Å². The Morgan fingerprint density at radius 3 is 2.02 bits per heavy atom. The van der Waals surface area contributed by atoms with Crippen molar-refractivity contribution in [2.24, 2.45) is 0 Å². The Morgan fingerprint density at radius 2 is 1.44 bits per heavy atom. The van der Waals surface area contributed by atoms with Gasteiger partial charge in [-0.3, -0.25) is 4.79 Å². The predicted molar refractivity (Wildman–Crippen MR) is 187 cm³/mol. The molecule has 43 heavy (non-hydrogen) atoms. The molecular formula is C35H53BrN2O4S. The number of anilines is 1. The lowest BCUT2D eigenvalue weighted by Gasteiger charge is -2.15. The van der Waals surface area contributed by atoms with Gasteiger partial charge >= 0.3 is 0 Å². The maximum atomic E-state index is 12.4. The van der Waals surface area contributed by atoms with E-state index in [1.165, 1.54) is 89.0 Å². The van der Waals surface area contributed by atoms with Crippen molar-refractivity contribution < 1.29 is 19.0 Å². The summed E-state index contributed by atoms with van der Waals surface area (Å²) in [5.74, 6) is 2.65. The number of unbranched alkanes of at least 4 members (excludes halogenated alkanes) is 13. The monoisotopic (exact) mass is 676 g/mol. The van der Waals surface area contributed by atoms with Crippen LogP contribution in [0.15, 0.2) is 54.1 Å². The summed E-state index contributed by atoms with van der Waals surface area (Å²) < 4.78 is 17.2. The lowest BCUT2D eigenvalue weighted by atomic mass is 10.0. The maximum Gasteiger partial charge on any atom is 0.262 e. The minimum atomic E-state index is -0.210. The zero-order valence-electron chi connectivity index (χ0n) is 26.3. The van der Waals surface area contributed by atoms with Crippen LogP contribution in [0.4, 0.5) is 5.69 Å². The van der Waals surface area contributed by atoms with E-state index >= 15 is 0 Å². The second-order valence-electron chi connectivity index (χ2n) is 11.1. The SMILES string of the molecule is Br.CCCCCCCCCCCCCCCCOc1ccc(OCC(=O)Nc2ccc(CN3C=CSC3)cc2)cc1OC. The van der Waals surface area contributed by atoms with Crippen LogP contribution < -0.4 is 19.5 Å². The standard InChI is InChI=1S/C35H52N2O4S.BrH/c1-3-4-5-6-7-8-9-10-11-12-13-14-15-16-24-40-33-22-21-32(26-34(33)39-2)41-28-35(38)36-31-19-17-30(18-20-31)27-37-23-25-42-29-37;/h17-23,25-26H,3-16,24,27-29H2,1-2H3,(H,36,38);1H. The number of halogens is 1. The average Bonchev–Trinajstić information content (AvgIpc) is 3.52. The normalized spacial score (nSPS) is 12.2. The Balaban J connectivity index is 0.00000645. The zero-order valence-corrected chi connectivity index (χ0v) is 28.9. The summed E-state index contributed by atoms with van der Waals surface area (Å²) in [5, 5.41) is 5.00. The molecule has 0 bridgehead atoms. The summed E-state index contributed by atoms with van der Waals surface area (Å²) in [5.41, 5.74) is 1.96. The molecule has 2 aromatic carbocycles. The number of ether oxygens (including phenoxy) is 3. The minimum absolute atomic E-state index is 0. The van der Waals surface area contributed by atoms with Crippen LogP contribution in [0, 0.1) is 0 Å². The van der Waals surface area contributed by atoms with Gasteiger partial charge in [-0.1, -0.05) is 103 Å². The fraction of sp³-hybridized carbons (Fsp3) is 0.571. The number of nitrogens with one attached hydrogen (secondary N) is 1. The van der Waals surface area contributed by atoms with E-state index in [0.29, 0.717) is 23.9 Å². The van der Waals surface area contributed by atoms with Gasteiger partial charge in [-0.2, -0.15) is 0 Å². The first-order valence-corrected chi connectivity index (χ1v) is 17.1. The Hall–Kier alpha value is -2.32. The highest BCUT2D eigenvalue weighted by atomic mass is 79.9. The predicted octanol–water partition coefficient (Wildman–Crippen LogP) is 10.1. The van der Waals surface area contributed by atoms with Crippen molar-refractivity contribution in [1.82, 2.24) is 4.90 Å². The number of methoxy groups -OCH3 is 1. The largest absolute Gasteiger partial charge is 0.493 e. The van der Waals surface area contributed by atoms with Crippen LogP contribution in [0.3, 0.4) is 0 Å². The minimum Gasteiger partial charge on any atom is -0.493 e. The molecule has 1 heterocycles. The molecule has 0 fully saturated rings. The second-order valence-corrected chi connectivity index (χ2v) is 12.0. The van der Waals surface area contributed by atoms with E-state index in [1.54, 1.807) is 24.9 Å². The molecule has 6 nitrogen and oxygen atoms in total. The lowest BCUT2D eigenvalue weighted by molar-refractivity contribution is -0.118. The van der Waals surface area contributed by atoms with Gasteiger partial charge in [0.05, 0.1) is 19.6 Å². The van der Waals surface area contributed by atoms with Crippen molar-refractivity contribution >= 4 is 40.3 Å². The molecule has 0 unspecified atom stereocenters. The molecule has 2 aromatic rings. The van der Waals surface area contributed by atoms with E-state index in [4.69, 9.17) is 14.2 Å². The summed E-state index contributed by atoms with van der Waals surface area (Å²) in [6.45, 7) is 3.73. The fourth-order valence-electron chi connectivity index (χ4n) is 5.02. The summed E-state index contributed by atoms with van der Waals surface area (Å²) in [7, 11) is 1.62. The number of carbonyl (C=O) groups excluding carboxylic acids is 1. The van der Waals surface area contributed by atoms with Gasteiger partial charge in [0.2, 0.25) is 0 Å². The van der Waals surface area contributed by atoms with E-state index in [-0.39, 0.29) is 29.5 Å². The van der Waals surface area contributed by atoms with Gasteiger partial charge in [0, 0.05) is 24.5 Å². The molecule has 8 heteroatoms. The summed E-state index contributed by atoms with van der Waals surface area (Å²) in [6.07, 6.45) is 20.9. The Labute approximate surface area is 275 Å². The quantitative estimate of drug-likeness (QED) is 0.118. The van der Waals surface area contributed by atoms with Gasteiger partial charge in [0.1, 0.15) is 5.75 Å². The maximum absolute atomic E-state index is 12.4. The van der Waals surface area contributed by atoms with Crippen molar-refractivity contribution in [3.8, 4) is 17.2 Å². The third kappa shape index (κ3) is 15.8. The zero-order chi connectivity index (χ0) is 29.7. The fourth-order valence-corrected chi connectivity index (χ4v) is 5.73. The third-order valence-corrected chi connectivity index (χ3v) is 8.29. The first-order chi connectivity index (χ1) is 20.7. The molecule has 0 atom stereocenters. The average molecular weight is 678 g/mol. The highest BCUT2D eigenvalue weighted by Gasteiger charge is 2.10. The first kappa shape index (κ1) is 36.9. The van der Waals surface area contributed by atoms with Crippen LogP contribution in [0.2, 0.25) is 0 Å². The lowest BCUT2D eigenvalue weighted by Crippen LogP contribution is -2.20. The van der Waals surface area contributed by atoms with Crippen molar-refractivity contribution in [2.45, 2.75) is 103 Å². The molecule has 1 aliphatic heterocycles. The summed E-state index contributed by atoms with van der Waals surface area (Å²) >= 11 is 1.79. The first-order valence-electron chi connectivity index (χ1n) is 16.0. The van der Waals surface area contributed by atoms with Crippen LogP contribution in [0.25, 0.3) is 0 Å². The van der Waals surface area contributed by atoms with E-state index in [9.17, 15) is 4.79 Å². The highest BCUT2D eigenvalue weighted by molar-refractivity contribution is 8.93. The van der Waals surface area contributed by atoms with E-state index in [0.717, 1.165) is 24.5 Å². The van der Waals surface area contributed by atoms with Crippen molar-refractivity contribution in [1.29, 1.82) is 0 Å². The molecule has 1 amide bonds. The number of thioether (sulfide) groups is 1. The van der Waals surface area contributed by atoms with Crippen LogP contribution >= 0.6 is 28.7 Å². The van der Waals surface area contributed by atoms with Crippen LogP contribution in [-0.2, 0) is 11.3 Å². The molecule has 1 aliphatic rings. The molecule has 0 saturated carbocycles. The Bertz CT molecular complexity index is 1050. The second kappa shape index (κ2) is 23.1. The van der Waals surface area contributed by atoms with Crippen LogP contribution in [-0.4, -0.2) is 37.0 Å². The van der Waals surface area contributed by atoms with E-state index in [1.807, 2.05) is 36.4 Å². The number of hydrogen-bond acceptors (Lipinski definition) is 6. The topological polar surface area (TPSA) is 60.0 Å². The number of carbonyl (C=O) groups is 1. The number of hydrogen-bond donors (Lipinski definition) is 1. The van der Waals surface area contributed by atoms with Crippen LogP contribution in [0.5, 0.6) is 17.2 Å². The van der Waals surface area contributed by atoms with Crippen LogP contribution in [0.1, 0.15) is 102 Å². The molecule has 0 saturated heterocycles. The van der Waals surface area contributed by atoms with E-state index in [2.05, 4.69) is 28.7 Å². The van der Waals surface area contributed by atoms with Crippen molar-refractivity contribution in [3.05, 3.63) is 59.6 Å². The summed E-state index contributed by atoms with van der Waals surface area (Å²) in [6, 6.07) is 13.4. The molecule has 0 aliphatic carbocycles. The molecular weight excluding hydrogens is 624 g/mol. The number of nitrogens with zero attached hydrogens (tertiary/aromatic N) is 1. The number of rotatable bonds is 23. The van der Waals surface area contributed by atoms with Gasteiger partial charge in [0.25, 0.3) is 5.91 Å². The van der Waals surface area contributed by atoms with Gasteiger partial charge in [-0.25, -0.2) is 0 Å². The number of benzene rings is 2.